The number of methoxy groups -OCH3 is 2. The minimum atomic E-state index is -4.35. The van der Waals surface area contributed by atoms with Gasteiger partial charge in [0.2, 0.25) is 5.91 Å². The van der Waals surface area contributed by atoms with Crippen molar-refractivity contribution in [3.63, 3.8) is 0 Å². The second-order valence-corrected chi connectivity index (χ2v) is 16.1. The molecule has 1 amide bonds. The molecular formula is C34H45Cl3N3O12PS. The smallest absolute Gasteiger partial charge is 0.345 e. The van der Waals surface area contributed by atoms with Crippen molar-refractivity contribution in [1.82, 2.24) is 5.32 Å². The first-order valence-electron chi connectivity index (χ1n) is 15.7. The molecule has 0 radical (unpaired) electrons. The van der Waals surface area contributed by atoms with Crippen molar-refractivity contribution in [2.75, 3.05) is 63.3 Å². The van der Waals surface area contributed by atoms with Crippen LogP contribution < -0.4 is 19.8 Å². The third-order valence-corrected chi connectivity index (χ3v) is 7.57. The van der Waals surface area contributed by atoms with Crippen LogP contribution in [0.5, 0.6) is 11.5 Å². The number of alkyl halides is 1. The molecule has 3 N–H and O–H groups in total. The summed E-state index contributed by atoms with van der Waals surface area (Å²) >= 11 is 17.4. The molecule has 20 heteroatoms. The second-order valence-electron chi connectivity index (χ2n) is 11.0. The number of esters is 1. The maximum Gasteiger partial charge on any atom is 0.345 e. The molecule has 0 aromatic heterocycles. The number of ether oxygens (including phenoxy) is 3. The highest BCUT2D eigenvalue weighted by Crippen LogP contribution is 2.34. The zero-order chi connectivity index (χ0) is 41.6. The maximum atomic E-state index is 12.0. The van der Waals surface area contributed by atoms with E-state index < -0.39 is 37.3 Å². The van der Waals surface area contributed by atoms with Gasteiger partial charge in [-0.3, -0.25) is 29.9 Å². The van der Waals surface area contributed by atoms with Crippen LogP contribution in [0.2, 0.25) is 10.0 Å². The molecule has 0 heterocycles. The Morgan fingerprint density at radius 2 is 1.57 bits per heavy atom. The minimum Gasteiger partial charge on any atom is -0.778 e. The molecule has 0 fully saturated rings. The topological polar surface area (TPSA) is 218 Å². The molecule has 0 spiro atoms. The van der Waals surface area contributed by atoms with Gasteiger partial charge in [-0.05, 0) is 59.1 Å². The van der Waals surface area contributed by atoms with Gasteiger partial charge in [-0.15, -0.1) is 11.6 Å². The van der Waals surface area contributed by atoms with Gasteiger partial charge in [-0.25, -0.2) is 4.79 Å². The van der Waals surface area contributed by atoms with Crippen LogP contribution in [0.4, 0.5) is 11.4 Å². The number of carboxylic acid groups (broad SMARTS) is 1. The summed E-state index contributed by atoms with van der Waals surface area (Å²) in [4.78, 5) is 63.2. The molecule has 0 aliphatic carbocycles. The zero-order valence-electron chi connectivity index (χ0n) is 30.8. The normalized spacial score (nSPS) is 11.3. The third-order valence-electron chi connectivity index (χ3n) is 6.19. The molecule has 0 aliphatic heterocycles. The first kappa shape index (κ1) is 50.6. The number of anilines is 1. The zero-order valence-corrected chi connectivity index (χ0v) is 34.8. The molecule has 3 aromatic rings. The van der Waals surface area contributed by atoms with Gasteiger partial charge >= 0.3 is 11.9 Å². The molecule has 54 heavy (non-hydrogen) atoms. The van der Waals surface area contributed by atoms with Gasteiger partial charge in [0.15, 0.2) is 0 Å². The summed E-state index contributed by atoms with van der Waals surface area (Å²) < 4.78 is 25.1. The summed E-state index contributed by atoms with van der Waals surface area (Å²) in [6.07, 6.45) is 7.62. The number of benzene rings is 3. The van der Waals surface area contributed by atoms with Crippen molar-refractivity contribution in [3.8, 4) is 11.5 Å². The Bertz CT molecular complexity index is 1710. The van der Waals surface area contributed by atoms with Crippen LogP contribution >= 0.6 is 42.4 Å². The second kappa shape index (κ2) is 26.4. The number of halogens is 3. The van der Waals surface area contributed by atoms with Gasteiger partial charge in [0.1, 0.15) is 37.3 Å². The van der Waals surface area contributed by atoms with E-state index in [1.54, 1.807) is 24.1 Å². The molecule has 3 aromatic carbocycles. The number of carboxylic acids is 1. The number of amides is 1. The monoisotopic (exact) mass is 855 g/mol. The Morgan fingerprint density at radius 1 is 1.00 bits per heavy atom. The first-order valence-corrected chi connectivity index (χ1v) is 21.2. The fourth-order valence-electron chi connectivity index (χ4n) is 4.02. The van der Waals surface area contributed by atoms with E-state index in [1.807, 2.05) is 23.5 Å². The van der Waals surface area contributed by atoms with Crippen molar-refractivity contribution in [2.24, 2.45) is 0 Å². The number of hydrogen-bond acceptors (Lipinski definition) is 11. The SMILES string of the molecule is CCc1cccc(CC)c1N(COC)C(=O)CCl.COC(=O)c1cc(Oc2ccc(Cl)cc2Cl)ccc1[N+](=O)[O-].C[S+](C)C.O=C(O)CNCP(=O)([O-])O. The van der Waals surface area contributed by atoms with Gasteiger partial charge in [-0.1, -0.05) is 55.2 Å². The number of carbonyl (C=O) groups excluding carboxylic acids is 2. The lowest BCUT2D eigenvalue weighted by molar-refractivity contribution is -0.385. The Balaban J connectivity index is 0.000000786. The summed E-state index contributed by atoms with van der Waals surface area (Å²) in [5, 5.41) is 21.6. The lowest BCUT2D eigenvalue weighted by atomic mass is 10.0. The highest BCUT2D eigenvalue weighted by molar-refractivity contribution is 7.94. The average Bonchev–Trinajstić information content (AvgIpc) is 3.10. The van der Waals surface area contributed by atoms with Gasteiger partial charge in [0, 0.05) is 24.3 Å². The fourth-order valence-corrected chi connectivity index (χ4v) is 5.01. The van der Waals surface area contributed by atoms with Crippen molar-refractivity contribution < 1.29 is 53.0 Å². The van der Waals surface area contributed by atoms with E-state index in [9.17, 15) is 34.0 Å². The number of aryl methyl sites for hydroxylation is 2. The van der Waals surface area contributed by atoms with Gasteiger partial charge in [0.05, 0.1) is 54.3 Å². The number of nitro benzene ring substituents is 1. The molecule has 15 nitrogen and oxygen atoms in total. The number of nitrogens with zero attached hydrogens (tertiary/aromatic N) is 2. The van der Waals surface area contributed by atoms with E-state index in [-0.39, 0.29) is 40.5 Å². The number of para-hydroxylation sites is 1. The number of nitro groups is 1. The number of nitrogens with one attached hydrogen (secondary N) is 1. The van der Waals surface area contributed by atoms with E-state index in [1.165, 1.54) is 18.2 Å². The summed E-state index contributed by atoms with van der Waals surface area (Å²) in [6.45, 7) is 3.91. The number of carbonyl (C=O) groups is 3. The van der Waals surface area contributed by atoms with Gasteiger partial charge in [0.25, 0.3) is 5.69 Å². The van der Waals surface area contributed by atoms with Crippen LogP contribution in [-0.2, 0) is 47.4 Å². The number of rotatable bonds is 14. The lowest BCUT2D eigenvalue weighted by Gasteiger charge is -2.26. The molecule has 300 valence electrons. The maximum absolute atomic E-state index is 12.0. The van der Waals surface area contributed by atoms with Crippen LogP contribution in [-0.4, -0.2) is 91.2 Å². The van der Waals surface area contributed by atoms with E-state index in [0.29, 0.717) is 21.7 Å². The molecule has 0 bridgehead atoms. The lowest BCUT2D eigenvalue weighted by Crippen LogP contribution is -2.35. The average molecular weight is 857 g/mol. The van der Waals surface area contributed by atoms with Crippen molar-refractivity contribution in [2.45, 2.75) is 26.7 Å². The highest BCUT2D eigenvalue weighted by atomic mass is 35.5. The largest absolute Gasteiger partial charge is 0.778 e. The van der Waals surface area contributed by atoms with Gasteiger partial charge in [-0.2, -0.15) is 0 Å². The van der Waals surface area contributed by atoms with E-state index in [2.05, 4.69) is 37.4 Å². The van der Waals surface area contributed by atoms with E-state index in [4.69, 9.17) is 54.3 Å². The Hall–Kier alpha value is -3.44. The fraction of sp³-hybridized carbons (Fsp3) is 0.382. The summed E-state index contributed by atoms with van der Waals surface area (Å²) in [5.74, 6) is -1.67. The van der Waals surface area contributed by atoms with Crippen LogP contribution in [0.15, 0.2) is 54.6 Å². The third kappa shape index (κ3) is 19.8. The molecule has 0 aliphatic rings. The van der Waals surface area contributed by atoms with Crippen LogP contribution in [0.25, 0.3) is 0 Å². The molecule has 1 unspecified atom stereocenters. The van der Waals surface area contributed by atoms with Crippen molar-refractivity contribution in [1.29, 1.82) is 0 Å². The van der Waals surface area contributed by atoms with Gasteiger partial charge < -0.3 is 33.7 Å². The first-order chi connectivity index (χ1) is 25.3. The van der Waals surface area contributed by atoms with Crippen molar-refractivity contribution >= 4 is 82.5 Å². The Kier molecular flexibility index (Phi) is 24.7. The quantitative estimate of drug-likeness (QED) is 0.0317. The molecular weight excluding hydrogens is 812 g/mol. The predicted octanol–water partition coefficient (Wildman–Crippen LogP) is 6.13. The standard InChI is InChI=1S/C14H9Cl2NO5.C14H20ClNO2.C3H8NO5P.C3H9S/c1-21-14(18)10-7-9(3-4-12(10)17(19)20)22-13-5-2-8(15)6-11(13)16;1-4-11-7-6-8-12(5-2)14(11)16(10-18-3)13(17)9-15;5-3(6)1-4-2-10(7,8)9;1-4(2)3/h2-7H,1H3;6-8H,4-5,9-10H2,1-3H3;4H,1-2H2,(H,5,6)(H2,7,8,9);1-3H3/q;;;+1/p-1. The van der Waals surface area contributed by atoms with Crippen LogP contribution in [0, 0.1) is 10.1 Å². The predicted molar refractivity (Wildman–Crippen MR) is 212 cm³/mol. The highest BCUT2D eigenvalue weighted by Gasteiger charge is 2.22. The molecule has 0 saturated carbocycles. The number of aliphatic carboxylic acids is 1. The number of hydrogen-bond donors (Lipinski definition) is 3. The summed E-state index contributed by atoms with van der Waals surface area (Å²) in [7, 11) is -0.995. The van der Waals surface area contributed by atoms with Crippen molar-refractivity contribution in [3.05, 3.63) is 91.4 Å². The summed E-state index contributed by atoms with van der Waals surface area (Å²) in [6, 6.07) is 14.5. The van der Waals surface area contributed by atoms with Crippen LogP contribution in [0.1, 0.15) is 35.3 Å². The Labute approximate surface area is 332 Å². The molecule has 3 rings (SSSR count). The van der Waals surface area contributed by atoms with Crippen LogP contribution in [0.3, 0.4) is 0 Å². The Morgan fingerprint density at radius 3 is 2.00 bits per heavy atom. The van der Waals surface area contributed by atoms with E-state index in [0.717, 1.165) is 42.8 Å². The minimum absolute atomic E-state index is 0.0371. The van der Waals surface area contributed by atoms with E-state index >= 15 is 0 Å². The summed E-state index contributed by atoms with van der Waals surface area (Å²) in [5.41, 5.74) is 2.65. The molecule has 1 atom stereocenters. The molecule has 0 saturated heterocycles.